The van der Waals surface area contributed by atoms with Crippen molar-refractivity contribution in [3.05, 3.63) is 117 Å². The standard InChI is InChI=1S/C24H20Cl4O8Si4/c25-17-1-9-21(10-2-17)37(29)33-38(30,22-11-3-18(26)4-12-22)35-40(32,24-15-7-20(28)8-16-24)36-39(31,34-37)23-13-5-19(27)6-14-23/h1-16,29-32H. The van der Waals surface area contributed by atoms with Gasteiger partial charge >= 0.3 is 35.2 Å². The Hall–Kier alpha value is -1.41. The lowest BCUT2D eigenvalue weighted by molar-refractivity contribution is 0.0938. The predicted molar refractivity (Wildman–Crippen MR) is 161 cm³/mol. The molecule has 0 radical (unpaired) electrons. The zero-order chi connectivity index (χ0) is 28.8. The van der Waals surface area contributed by atoms with Crippen LogP contribution in [0.25, 0.3) is 0 Å². The van der Waals surface area contributed by atoms with Crippen molar-refractivity contribution in [3.8, 4) is 0 Å². The van der Waals surface area contributed by atoms with E-state index in [1.807, 2.05) is 0 Å². The predicted octanol–water partition coefficient (Wildman–Crippen LogP) is 2.03. The minimum atomic E-state index is -4.82. The average molecular weight is 691 g/mol. The lowest BCUT2D eigenvalue weighted by Crippen LogP contribution is -2.80. The monoisotopic (exact) mass is 688 g/mol. The van der Waals surface area contributed by atoms with Gasteiger partial charge in [0.25, 0.3) is 0 Å². The molecule has 1 heterocycles. The van der Waals surface area contributed by atoms with Gasteiger partial charge in [-0.25, -0.2) is 0 Å². The third-order valence-electron chi connectivity index (χ3n) is 5.94. The molecule has 0 aliphatic carbocycles. The minimum Gasteiger partial charge on any atom is -0.387 e. The Morgan fingerprint density at radius 2 is 0.475 bits per heavy atom. The van der Waals surface area contributed by atoms with Gasteiger partial charge in [0.2, 0.25) is 0 Å². The maximum Gasteiger partial charge on any atom is 0.520 e. The van der Waals surface area contributed by atoms with E-state index in [-0.39, 0.29) is 20.7 Å². The molecule has 208 valence electrons. The van der Waals surface area contributed by atoms with Gasteiger partial charge in [0.15, 0.2) is 0 Å². The van der Waals surface area contributed by atoms with Crippen molar-refractivity contribution in [3.63, 3.8) is 0 Å². The van der Waals surface area contributed by atoms with E-state index in [1.165, 1.54) is 97.1 Å². The molecule has 4 aromatic rings. The average Bonchev–Trinajstić information content (AvgIpc) is 2.89. The van der Waals surface area contributed by atoms with Gasteiger partial charge in [-0.15, -0.1) is 0 Å². The summed E-state index contributed by atoms with van der Waals surface area (Å²) in [7, 11) is -19.3. The topological polar surface area (TPSA) is 118 Å². The number of rotatable bonds is 4. The van der Waals surface area contributed by atoms with Gasteiger partial charge < -0.3 is 35.6 Å². The second-order valence-corrected chi connectivity index (χ2v) is 20.7. The Bertz CT molecular complexity index is 1260. The Balaban J connectivity index is 1.73. The zero-order valence-electron chi connectivity index (χ0n) is 20.2. The Labute approximate surface area is 253 Å². The van der Waals surface area contributed by atoms with E-state index in [0.717, 1.165) is 0 Å². The Kier molecular flexibility index (Phi) is 8.53. The smallest absolute Gasteiger partial charge is 0.387 e. The summed E-state index contributed by atoms with van der Waals surface area (Å²) in [5.74, 6) is 0. The highest BCUT2D eigenvalue weighted by Crippen LogP contribution is 2.28. The van der Waals surface area contributed by atoms with Crippen LogP contribution in [0.5, 0.6) is 0 Å². The molecule has 0 atom stereocenters. The van der Waals surface area contributed by atoms with Gasteiger partial charge in [0.1, 0.15) is 0 Å². The summed E-state index contributed by atoms with van der Waals surface area (Å²) < 4.78 is 24.3. The minimum absolute atomic E-state index is 0.0856. The summed E-state index contributed by atoms with van der Waals surface area (Å²) >= 11 is 24.3. The zero-order valence-corrected chi connectivity index (χ0v) is 27.2. The molecule has 0 spiro atoms. The quantitative estimate of drug-likeness (QED) is 0.241. The van der Waals surface area contributed by atoms with Gasteiger partial charge in [-0.05, 0) is 48.5 Å². The Morgan fingerprint density at radius 3 is 0.625 bits per heavy atom. The maximum absolute atomic E-state index is 12.0. The van der Waals surface area contributed by atoms with Gasteiger partial charge in [-0.2, -0.15) is 0 Å². The highest BCUT2D eigenvalue weighted by molar-refractivity contribution is 7.00. The lowest BCUT2D eigenvalue weighted by atomic mass is 10.4. The highest BCUT2D eigenvalue weighted by atomic mass is 35.5. The van der Waals surface area contributed by atoms with Crippen LogP contribution in [0.2, 0.25) is 20.1 Å². The third kappa shape index (κ3) is 6.18. The molecule has 0 amide bonds. The number of hydrogen-bond acceptors (Lipinski definition) is 8. The second-order valence-electron chi connectivity index (χ2n) is 8.76. The van der Waals surface area contributed by atoms with Crippen molar-refractivity contribution in [2.24, 2.45) is 0 Å². The fraction of sp³-hybridized carbons (Fsp3) is 0. The van der Waals surface area contributed by atoms with Crippen LogP contribution in [0.1, 0.15) is 0 Å². The maximum atomic E-state index is 12.0. The van der Waals surface area contributed by atoms with Gasteiger partial charge in [0, 0.05) is 40.8 Å². The second kappa shape index (κ2) is 11.3. The molecule has 40 heavy (non-hydrogen) atoms. The summed E-state index contributed by atoms with van der Waals surface area (Å²) in [4.78, 5) is 48.1. The molecule has 0 aromatic heterocycles. The molecule has 1 saturated heterocycles. The van der Waals surface area contributed by atoms with Gasteiger partial charge in [0.05, 0.1) is 0 Å². The SMILES string of the molecule is O[Si]1(c2ccc(Cl)cc2)O[Si](O)(c2ccc(Cl)cc2)O[Si](O)(c2ccc(Cl)cc2)O[Si](O)(c2ccc(Cl)cc2)O1. The van der Waals surface area contributed by atoms with Crippen LogP contribution in [0.4, 0.5) is 0 Å². The number of hydrogen-bond donors (Lipinski definition) is 4. The molecular weight excluding hydrogens is 670 g/mol. The van der Waals surface area contributed by atoms with Crippen molar-refractivity contribution in [1.29, 1.82) is 0 Å². The first-order valence-corrected chi connectivity index (χ1v) is 20.1. The molecule has 1 aliphatic rings. The molecule has 4 N–H and O–H groups in total. The van der Waals surface area contributed by atoms with Crippen molar-refractivity contribution < 1.29 is 35.6 Å². The largest absolute Gasteiger partial charge is 0.520 e. The molecule has 0 saturated carbocycles. The van der Waals surface area contributed by atoms with Crippen LogP contribution in [-0.4, -0.2) is 54.4 Å². The molecule has 8 nitrogen and oxygen atoms in total. The van der Waals surface area contributed by atoms with Crippen molar-refractivity contribution in [1.82, 2.24) is 0 Å². The molecule has 5 rings (SSSR count). The van der Waals surface area contributed by atoms with E-state index in [1.54, 1.807) is 0 Å². The van der Waals surface area contributed by atoms with E-state index in [4.69, 9.17) is 62.9 Å². The molecule has 0 unspecified atom stereocenters. The summed E-state index contributed by atoms with van der Waals surface area (Å²) in [5, 5.41) is 1.79. The summed E-state index contributed by atoms with van der Waals surface area (Å²) in [6, 6.07) is 23.4. The Morgan fingerprint density at radius 1 is 0.325 bits per heavy atom. The fourth-order valence-corrected chi connectivity index (χ4v) is 18.7. The van der Waals surface area contributed by atoms with Crippen LogP contribution in [0.15, 0.2) is 97.1 Å². The van der Waals surface area contributed by atoms with E-state index >= 15 is 0 Å². The van der Waals surface area contributed by atoms with Crippen molar-refractivity contribution >= 4 is 102 Å². The van der Waals surface area contributed by atoms with Crippen molar-refractivity contribution in [2.75, 3.05) is 0 Å². The first-order valence-electron chi connectivity index (χ1n) is 11.6. The first kappa shape index (κ1) is 30.1. The van der Waals surface area contributed by atoms with Crippen LogP contribution >= 0.6 is 46.4 Å². The van der Waals surface area contributed by atoms with Crippen LogP contribution in [0.3, 0.4) is 0 Å². The summed E-state index contributed by atoms with van der Waals surface area (Å²) in [6.07, 6.45) is 0. The molecule has 1 aliphatic heterocycles. The normalized spacial score (nSPS) is 29.0. The fourth-order valence-electron chi connectivity index (χ4n) is 3.95. The van der Waals surface area contributed by atoms with Gasteiger partial charge in [-0.1, -0.05) is 94.9 Å². The highest BCUT2D eigenvalue weighted by Gasteiger charge is 2.67. The lowest BCUT2D eigenvalue weighted by Gasteiger charge is -2.44. The molecule has 4 aromatic carbocycles. The van der Waals surface area contributed by atoms with Crippen molar-refractivity contribution in [2.45, 2.75) is 0 Å². The van der Waals surface area contributed by atoms with Crippen LogP contribution in [-0.2, 0) is 16.5 Å². The molecule has 0 bridgehead atoms. The summed E-state index contributed by atoms with van der Waals surface area (Å²) in [6.45, 7) is 0. The van der Waals surface area contributed by atoms with E-state index in [0.29, 0.717) is 20.1 Å². The molecule has 1 fully saturated rings. The summed E-state index contributed by atoms with van der Waals surface area (Å²) in [5.41, 5.74) is 0. The first-order chi connectivity index (χ1) is 18.8. The van der Waals surface area contributed by atoms with E-state index in [2.05, 4.69) is 0 Å². The molecule has 16 heteroatoms. The van der Waals surface area contributed by atoms with Crippen LogP contribution < -0.4 is 20.7 Å². The van der Waals surface area contributed by atoms with E-state index in [9.17, 15) is 19.2 Å². The van der Waals surface area contributed by atoms with Gasteiger partial charge in [-0.3, -0.25) is 0 Å². The third-order valence-corrected chi connectivity index (χ3v) is 20.1. The van der Waals surface area contributed by atoms with E-state index < -0.39 is 35.2 Å². The number of benzene rings is 4. The number of halogens is 4. The van der Waals surface area contributed by atoms with Crippen LogP contribution in [0, 0.1) is 0 Å². The molecular formula is C24H20Cl4O8Si4.